The van der Waals surface area contributed by atoms with Crippen molar-refractivity contribution in [3.05, 3.63) is 59.7 Å². The predicted molar refractivity (Wildman–Crippen MR) is 110 cm³/mol. The van der Waals surface area contributed by atoms with Crippen molar-refractivity contribution in [1.82, 2.24) is 4.31 Å². The Kier molecular flexibility index (Phi) is 5.02. The van der Waals surface area contributed by atoms with Crippen LogP contribution in [0.3, 0.4) is 0 Å². The molecule has 1 saturated carbocycles. The molecule has 2 aromatic rings. The minimum absolute atomic E-state index is 0.0723. The highest BCUT2D eigenvalue weighted by atomic mass is 32.2. The van der Waals surface area contributed by atoms with E-state index in [0.717, 1.165) is 36.1 Å². The van der Waals surface area contributed by atoms with Crippen LogP contribution >= 0.6 is 0 Å². The minimum Gasteiger partial charge on any atom is -0.309 e. The molecule has 1 heterocycles. The summed E-state index contributed by atoms with van der Waals surface area (Å²) < 4.78 is 27.5. The van der Waals surface area contributed by atoms with E-state index in [1.807, 2.05) is 42.2 Å². The largest absolute Gasteiger partial charge is 0.309 e. The van der Waals surface area contributed by atoms with E-state index in [9.17, 15) is 13.2 Å². The molecular weight excluding hydrogens is 372 g/mol. The Balaban J connectivity index is 1.58. The summed E-state index contributed by atoms with van der Waals surface area (Å²) in [5, 5.41) is 0. The molecule has 0 radical (unpaired) electrons. The van der Waals surface area contributed by atoms with E-state index in [1.165, 1.54) is 4.31 Å². The van der Waals surface area contributed by atoms with Gasteiger partial charge >= 0.3 is 0 Å². The summed E-state index contributed by atoms with van der Waals surface area (Å²) in [6, 6.07) is 14.8. The number of nitrogens with zero attached hydrogens (tertiary/aromatic N) is 2. The molecule has 6 heteroatoms. The Morgan fingerprint density at radius 1 is 1.14 bits per heavy atom. The Hall–Kier alpha value is -2.18. The van der Waals surface area contributed by atoms with E-state index in [2.05, 4.69) is 0 Å². The maximum absolute atomic E-state index is 13.0. The monoisotopic (exact) mass is 398 g/mol. The Morgan fingerprint density at radius 3 is 2.50 bits per heavy atom. The molecule has 1 aliphatic heterocycles. The normalized spacial score (nSPS) is 19.5. The zero-order valence-electron chi connectivity index (χ0n) is 16.3. The van der Waals surface area contributed by atoms with Gasteiger partial charge in [0, 0.05) is 31.2 Å². The molecule has 0 aromatic heterocycles. The quantitative estimate of drug-likeness (QED) is 0.773. The third-order valence-electron chi connectivity index (χ3n) is 5.91. The van der Waals surface area contributed by atoms with Crippen molar-refractivity contribution >= 4 is 21.6 Å². The summed E-state index contributed by atoms with van der Waals surface area (Å²) >= 11 is 0. The van der Waals surface area contributed by atoms with Gasteiger partial charge in [0.2, 0.25) is 15.9 Å². The van der Waals surface area contributed by atoms with Crippen LogP contribution in [-0.4, -0.2) is 31.7 Å². The molecule has 2 aromatic carbocycles. The zero-order valence-corrected chi connectivity index (χ0v) is 17.2. The van der Waals surface area contributed by atoms with Crippen molar-refractivity contribution in [1.29, 1.82) is 0 Å². The third-order valence-corrected chi connectivity index (χ3v) is 7.71. The summed E-state index contributed by atoms with van der Waals surface area (Å²) in [6.07, 6.45) is 3.75. The summed E-state index contributed by atoms with van der Waals surface area (Å²) in [7, 11) is -1.99. The Morgan fingerprint density at radius 2 is 1.86 bits per heavy atom. The van der Waals surface area contributed by atoms with E-state index in [4.69, 9.17) is 0 Å². The average molecular weight is 399 g/mol. The van der Waals surface area contributed by atoms with Gasteiger partial charge in [0.15, 0.2) is 0 Å². The molecule has 1 atom stereocenters. The lowest BCUT2D eigenvalue weighted by molar-refractivity contribution is -0.125. The lowest BCUT2D eigenvalue weighted by Crippen LogP contribution is -2.42. The van der Waals surface area contributed by atoms with E-state index in [1.54, 1.807) is 25.2 Å². The number of carbonyl (C=O) groups excluding carboxylic acids is 1. The first-order chi connectivity index (χ1) is 13.4. The second kappa shape index (κ2) is 7.33. The molecule has 0 spiro atoms. The fraction of sp³-hybridized carbons (Fsp3) is 0.409. The molecule has 5 nitrogen and oxygen atoms in total. The van der Waals surface area contributed by atoms with Crippen LogP contribution in [0, 0.1) is 5.92 Å². The van der Waals surface area contributed by atoms with E-state index >= 15 is 0 Å². The molecule has 0 bridgehead atoms. The van der Waals surface area contributed by atoms with Crippen molar-refractivity contribution < 1.29 is 13.2 Å². The molecule has 28 heavy (non-hydrogen) atoms. The van der Waals surface area contributed by atoms with Gasteiger partial charge in [-0.3, -0.25) is 4.79 Å². The predicted octanol–water partition coefficient (Wildman–Crippen LogP) is 3.59. The van der Waals surface area contributed by atoms with Crippen LogP contribution in [0.1, 0.15) is 37.3 Å². The molecule has 2 aliphatic rings. The van der Waals surface area contributed by atoms with Gasteiger partial charge in [-0.15, -0.1) is 0 Å². The number of sulfonamides is 1. The number of rotatable bonds is 5. The molecule has 148 valence electrons. The highest BCUT2D eigenvalue weighted by Crippen LogP contribution is 2.38. The molecule has 4 rings (SSSR count). The smallest absolute Gasteiger partial charge is 0.243 e. The summed E-state index contributed by atoms with van der Waals surface area (Å²) in [4.78, 5) is 15.0. The molecule has 1 aliphatic carbocycles. The van der Waals surface area contributed by atoms with E-state index < -0.39 is 10.0 Å². The molecule has 1 unspecified atom stereocenters. The third kappa shape index (κ3) is 3.35. The highest BCUT2D eigenvalue weighted by molar-refractivity contribution is 7.89. The van der Waals surface area contributed by atoms with Gasteiger partial charge in [0.1, 0.15) is 0 Å². The van der Waals surface area contributed by atoms with Gasteiger partial charge in [0.25, 0.3) is 0 Å². The number of amides is 1. The second-order valence-corrected chi connectivity index (χ2v) is 9.97. The van der Waals surface area contributed by atoms with Gasteiger partial charge in [-0.25, -0.2) is 8.42 Å². The first-order valence-corrected chi connectivity index (χ1v) is 11.3. The second-order valence-electron chi connectivity index (χ2n) is 7.93. The number of hydrogen-bond donors (Lipinski definition) is 0. The SMILES string of the molecule is CC1Cc2cc(S(=O)(=O)N(C)Cc3ccccc3)ccc2N1C(=O)C1CCC1. The van der Waals surface area contributed by atoms with Crippen LogP contribution in [0.4, 0.5) is 5.69 Å². The van der Waals surface area contributed by atoms with E-state index in [-0.39, 0.29) is 22.8 Å². The molecule has 0 N–H and O–H groups in total. The topological polar surface area (TPSA) is 57.7 Å². The molecular formula is C22H26N2O3S. The average Bonchev–Trinajstić information content (AvgIpc) is 2.95. The molecule has 0 saturated heterocycles. The van der Waals surface area contributed by atoms with Crippen molar-refractivity contribution in [3.63, 3.8) is 0 Å². The van der Waals surface area contributed by atoms with Gasteiger partial charge in [-0.1, -0.05) is 36.8 Å². The van der Waals surface area contributed by atoms with Gasteiger partial charge < -0.3 is 4.90 Å². The number of benzene rings is 2. The summed E-state index contributed by atoms with van der Waals surface area (Å²) in [5.74, 6) is 0.322. The van der Waals surface area contributed by atoms with Crippen LogP contribution < -0.4 is 4.90 Å². The van der Waals surface area contributed by atoms with Crippen LogP contribution in [-0.2, 0) is 27.8 Å². The highest BCUT2D eigenvalue weighted by Gasteiger charge is 2.37. The van der Waals surface area contributed by atoms with E-state index in [0.29, 0.717) is 13.0 Å². The van der Waals surface area contributed by atoms with Gasteiger partial charge in [-0.05, 0) is 55.5 Å². The first kappa shape index (κ1) is 19.2. The van der Waals surface area contributed by atoms with Crippen LogP contribution in [0.2, 0.25) is 0 Å². The lowest BCUT2D eigenvalue weighted by Gasteiger charge is -2.32. The van der Waals surface area contributed by atoms with Gasteiger partial charge in [-0.2, -0.15) is 4.31 Å². The summed E-state index contributed by atoms with van der Waals surface area (Å²) in [6.45, 7) is 2.36. The van der Waals surface area contributed by atoms with Crippen molar-refractivity contribution in [3.8, 4) is 0 Å². The zero-order chi connectivity index (χ0) is 19.9. The summed E-state index contributed by atoms with van der Waals surface area (Å²) in [5.41, 5.74) is 2.75. The Labute approximate surface area is 167 Å². The van der Waals surface area contributed by atoms with Crippen LogP contribution in [0.5, 0.6) is 0 Å². The lowest BCUT2D eigenvalue weighted by atomic mass is 9.84. The minimum atomic E-state index is -3.59. The standard InChI is InChI=1S/C22H26N2O3S/c1-16-13-19-14-20(11-12-21(19)24(16)22(25)18-9-6-10-18)28(26,27)23(2)15-17-7-4-3-5-8-17/h3-5,7-8,11-12,14,16,18H,6,9-10,13,15H2,1-2H3. The van der Waals surface area contributed by atoms with Gasteiger partial charge in [0.05, 0.1) is 4.90 Å². The number of hydrogen-bond acceptors (Lipinski definition) is 3. The van der Waals surface area contributed by atoms with Crippen LogP contribution in [0.15, 0.2) is 53.4 Å². The molecule has 1 amide bonds. The first-order valence-electron chi connectivity index (χ1n) is 9.84. The molecule has 1 fully saturated rings. The number of fused-ring (bicyclic) bond motifs is 1. The van der Waals surface area contributed by atoms with Crippen molar-refractivity contribution in [2.45, 2.75) is 50.1 Å². The number of anilines is 1. The maximum Gasteiger partial charge on any atom is 0.243 e. The fourth-order valence-electron chi connectivity index (χ4n) is 4.06. The van der Waals surface area contributed by atoms with Crippen molar-refractivity contribution in [2.75, 3.05) is 11.9 Å². The fourth-order valence-corrected chi connectivity index (χ4v) is 5.27. The van der Waals surface area contributed by atoms with Crippen LogP contribution in [0.25, 0.3) is 0 Å². The maximum atomic E-state index is 13.0. The van der Waals surface area contributed by atoms with Crippen molar-refractivity contribution in [2.24, 2.45) is 5.92 Å². The Bertz CT molecular complexity index is 984. The number of carbonyl (C=O) groups is 1.